The van der Waals surface area contributed by atoms with Gasteiger partial charge in [0.1, 0.15) is 12.2 Å². The molecule has 8 heteroatoms. The third-order valence-electron chi connectivity index (χ3n) is 5.22. The lowest BCUT2D eigenvalue weighted by atomic mass is 9.76. The van der Waals surface area contributed by atoms with Gasteiger partial charge in [0, 0.05) is 7.11 Å². The number of rotatable bonds is 3. The first-order chi connectivity index (χ1) is 13.3. The van der Waals surface area contributed by atoms with E-state index in [2.05, 4.69) is 0 Å². The molecular weight excluding hydrogens is 346 g/mol. The van der Waals surface area contributed by atoms with Crippen LogP contribution in [0.1, 0.15) is 0 Å². The van der Waals surface area contributed by atoms with Crippen LogP contribution in [-0.2, 0) is 28.1 Å². The minimum Gasteiger partial charge on any atom is -0.404 e. The van der Waals surface area contributed by atoms with Crippen molar-refractivity contribution in [3.05, 3.63) is 60.7 Å². The van der Waals surface area contributed by atoms with Crippen LogP contribution < -0.4 is 10.9 Å². The Labute approximate surface area is 158 Å². The molecule has 6 nitrogen and oxygen atoms in total. The highest BCUT2D eigenvalue weighted by atomic mass is 16.8. The van der Waals surface area contributed by atoms with Crippen LogP contribution in [0.5, 0.6) is 0 Å². The van der Waals surface area contributed by atoms with Crippen molar-refractivity contribution in [2.24, 2.45) is 0 Å². The fourth-order valence-electron chi connectivity index (χ4n) is 3.90. The van der Waals surface area contributed by atoms with Crippen molar-refractivity contribution in [2.75, 3.05) is 13.7 Å². The summed E-state index contributed by atoms with van der Waals surface area (Å²) >= 11 is 0. The van der Waals surface area contributed by atoms with Crippen molar-refractivity contribution in [1.29, 1.82) is 0 Å². The number of benzene rings is 2. The number of methoxy groups -OCH3 is 1. The number of ether oxygens (including phenoxy) is 2. The van der Waals surface area contributed by atoms with Crippen LogP contribution in [0.15, 0.2) is 60.7 Å². The average molecular weight is 366 g/mol. The highest BCUT2D eigenvalue weighted by molar-refractivity contribution is 6.62. The van der Waals surface area contributed by atoms with E-state index < -0.39 is 20.5 Å². The van der Waals surface area contributed by atoms with E-state index in [0.29, 0.717) is 6.61 Å². The van der Waals surface area contributed by atoms with Gasteiger partial charge in [-0.1, -0.05) is 60.7 Å². The second-order valence-corrected chi connectivity index (χ2v) is 6.90. The quantitative estimate of drug-likeness (QED) is 0.731. The van der Waals surface area contributed by atoms with Crippen LogP contribution in [0.2, 0.25) is 0 Å². The van der Waals surface area contributed by atoms with Crippen LogP contribution in [0.25, 0.3) is 0 Å². The maximum absolute atomic E-state index is 6.27. The molecule has 3 aliphatic heterocycles. The summed E-state index contributed by atoms with van der Waals surface area (Å²) in [7, 11) is 0.691. The summed E-state index contributed by atoms with van der Waals surface area (Å²) in [5.41, 5.74) is 1.94. The van der Waals surface area contributed by atoms with Gasteiger partial charge in [-0.05, 0) is 10.9 Å². The van der Waals surface area contributed by atoms with Crippen LogP contribution in [0.3, 0.4) is 0 Å². The van der Waals surface area contributed by atoms with E-state index in [0.717, 1.165) is 10.9 Å². The molecule has 3 aliphatic rings. The Morgan fingerprint density at radius 1 is 0.778 bits per heavy atom. The Morgan fingerprint density at radius 2 is 1.37 bits per heavy atom. The van der Waals surface area contributed by atoms with Crippen molar-refractivity contribution in [3.8, 4) is 0 Å². The lowest BCUT2D eigenvalue weighted by Crippen LogP contribution is -2.64. The normalized spacial score (nSPS) is 32.9. The van der Waals surface area contributed by atoms with E-state index in [4.69, 9.17) is 28.1 Å². The lowest BCUT2D eigenvalue weighted by molar-refractivity contribution is -0.275. The molecule has 0 N–H and O–H groups in total. The van der Waals surface area contributed by atoms with E-state index in [1.807, 2.05) is 60.7 Å². The van der Waals surface area contributed by atoms with E-state index >= 15 is 0 Å². The van der Waals surface area contributed by atoms with E-state index in [1.54, 1.807) is 7.11 Å². The zero-order valence-electron chi connectivity index (χ0n) is 15.0. The molecule has 0 aromatic heterocycles. The third kappa shape index (κ3) is 3.23. The van der Waals surface area contributed by atoms with Crippen LogP contribution in [0, 0.1) is 0 Å². The molecule has 2 aromatic rings. The summed E-state index contributed by atoms with van der Waals surface area (Å²) in [6.45, 7) is 0.409. The molecule has 3 fully saturated rings. The van der Waals surface area contributed by atoms with Gasteiger partial charge in [0.2, 0.25) is 0 Å². The second kappa shape index (κ2) is 7.39. The van der Waals surface area contributed by atoms with Gasteiger partial charge in [0.25, 0.3) is 0 Å². The van der Waals surface area contributed by atoms with Crippen molar-refractivity contribution >= 4 is 25.2 Å². The molecule has 0 spiro atoms. The third-order valence-corrected chi connectivity index (χ3v) is 5.22. The molecule has 27 heavy (non-hydrogen) atoms. The summed E-state index contributed by atoms with van der Waals surface area (Å²) < 4.78 is 36.1. The maximum Gasteiger partial charge on any atom is 0.494 e. The van der Waals surface area contributed by atoms with E-state index in [9.17, 15) is 0 Å². The van der Waals surface area contributed by atoms with Crippen molar-refractivity contribution in [3.63, 3.8) is 0 Å². The molecule has 5 unspecified atom stereocenters. The Bertz CT molecular complexity index is 763. The fourth-order valence-corrected chi connectivity index (χ4v) is 3.90. The van der Waals surface area contributed by atoms with E-state index in [1.165, 1.54) is 0 Å². The van der Waals surface area contributed by atoms with Gasteiger partial charge in [0.15, 0.2) is 6.29 Å². The molecular formula is C19H20B2O6. The molecule has 0 bridgehead atoms. The molecule has 138 valence electrons. The van der Waals surface area contributed by atoms with Crippen LogP contribution in [-0.4, -0.2) is 58.7 Å². The lowest BCUT2D eigenvalue weighted by Gasteiger charge is -2.45. The predicted molar refractivity (Wildman–Crippen MR) is 99.9 cm³/mol. The number of hydrogen-bond acceptors (Lipinski definition) is 6. The van der Waals surface area contributed by atoms with Gasteiger partial charge in [-0.3, -0.25) is 0 Å². The molecule has 0 aliphatic carbocycles. The first-order valence-electron chi connectivity index (χ1n) is 9.19. The summed E-state index contributed by atoms with van der Waals surface area (Å²) in [6, 6.07) is 19.8. The number of hydrogen-bond donors (Lipinski definition) is 0. The highest BCUT2D eigenvalue weighted by Gasteiger charge is 2.57. The van der Waals surface area contributed by atoms with Gasteiger partial charge in [0.05, 0.1) is 18.8 Å². The largest absolute Gasteiger partial charge is 0.494 e. The zero-order chi connectivity index (χ0) is 18.2. The smallest absolute Gasteiger partial charge is 0.404 e. The zero-order valence-corrected chi connectivity index (χ0v) is 15.0. The van der Waals surface area contributed by atoms with Crippen molar-refractivity contribution in [1.82, 2.24) is 0 Å². The highest BCUT2D eigenvalue weighted by Crippen LogP contribution is 2.35. The number of fused-ring (bicyclic) bond motifs is 3. The van der Waals surface area contributed by atoms with Gasteiger partial charge in [-0.2, -0.15) is 0 Å². The van der Waals surface area contributed by atoms with Gasteiger partial charge in [-0.25, -0.2) is 0 Å². The summed E-state index contributed by atoms with van der Waals surface area (Å²) in [5, 5.41) is 0. The Hall–Kier alpha value is -1.67. The molecule has 0 radical (unpaired) electrons. The fraction of sp³-hybridized carbons (Fsp3) is 0.368. The Kier molecular flexibility index (Phi) is 4.77. The standard InChI is InChI=1S/C19H20B2O6/c1-22-19-18-17(26-21(27-18)14-10-6-3-7-11-14)16-15(24-19)12-23-20(25-16)13-8-4-2-5-9-13/h2-11,15-19H,12H2,1H3. The van der Waals surface area contributed by atoms with Crippen LogP contribution >= 0.6 is 0 Å². The maximum atomic E-state index is 6.27. The van der Waals surface area contributed by atoms with Gasteiger partial charge >= 0.3 is 14.2 Å². The molecule has 3 heterocycles. The topological polar surface area (TPSA) is 55.4 Å². The second-order valence-electron chi connectivity index (χ2n) is 6.90. The summed E-state index contributed by atoms with van der Waals surface area (Å²) in [4.78, 5) is 0. The molecule has 0 saturated carbocycles. The molecule has 5 rings (SSSR count). The van der Waals surface area contributed by atoms with Crippen molar-refractivity contribution in [2.45, 2.75) is 30.7 Å². The van der Waals surface area contributed by atoms with Gasteiger partial charge < -0.3 is 28.1 Å². The minimum absolute atomic E-state index is 0.269. The molecule has 3 saturated heterocycles. The molecule has 0 amide bonds. The predicted octanol–water partition coefficient (Wildman–Crippen LogP) is 0.348. The van der Waals surface area contributed by atoms with Gasteiger partial charge in [-0.15, -0.1) is 0 Å². The summed E-state index contributed by atoms with van der Waals surface area (Å²) in [5.74, 6) is 0. The van der Waals surface area contributed by atoms with Crippen LogP contribution in [0.4, 0.5) is 0 Å². The first-order valence-corrected chi connectivity index (χ1v) is 9.19. The monoisotopic (exact) mass is 366 g/mol. The van der Waals surface area contributed by atoms with Crippen molar-refractivity contribution < 1.29 is 28.1 Å². The first kappa shape index (κ1) is 17.4. The Balaban J connectivity index is 1.39. The minimum atomic E-state index is -0.523. The Morgan fingerprint density at radius 3 is 2.04 bits per heavy atom. The van der Waals surface area contributed by atoms with E-state index in [-0.39, 0.29) is 24.4 Å². The molecule has 2 aromatic carbocycles. The SMILES string of the molecule is COC1OC2COB(c3ccccc3)OC2C2OB(c3ccccc3)OC12. The molecule has 5 atom stereocenters. The summed E-state index contributed by atoms with van der Waals surface area (Å²) in [6.07, 6.45) is -1.75. The average Bonchev–Trinajstić information content (AvgIpc) is 3.20.